The summed E-state index contributed by atoms with van der Waals surface area (Å²) < 4.78 is 45.9. The number of halogens is 3. The van der Waals surface area contributed by atoms with Gasteiger partial charge in [-0.15, -0.1) is 0 Å². The first-order valence-corrected chi connectivity index (χ1v) is 9.83. The normalized spacial score (nSPS) is 17.8. The molecule has 3 rings (SSSR count). The predicted octanol–water partition coefficient (Wildman–Crippen LogP) is 0.713. The summed E-state index contributed by atoms with van der Waals surface area (Å²) in [6.07, 6.45) is -2.37. The van der Waals surface area contributed by atoms with Crippen LogP contribution in [0.15, 0.2) is 18.2 Å². The van der Waals surface area contributed by atoms with Crippen molar-refractivity contribution in [1.82, 2.24) is 10.6 Å². The molecule has 10 nitrogen and oxygen atoms in total. The van der Waals surface area contributed by atoms with E-state index in [4.69, 9.17) is 10.5 Å². The fourth-order valence-electron chi connectivity index (χ4n) is 3.24. The molecule has 0 aromatic heterocycles. The first kappa shape index (κ1) is 23.3. The van der Waals surface area contributed by atoms with E-state index in [-0.39, 0.29) is 37.2 Å². The van der Waals surface area contributed by atoms with Gasteiger partial charge < -0.3 is 31.3 Å². The van der Waals surface area contributed by atoms with Crippen LogP contribution in [0.25, 0.3) is 0 Å². The molecule has 0 radical (unpaired) electrons. The van der Waals surface area contributed by atoms with E-state index in [2.05, 4.69) is 16.0 Å². The van der Waals surface area contributed by atoms with Crippen LogP contribution in [0.1, 0.15) is 24.8 Å². The van der Waals surface area contributed by atoms with Crippen molar-refractivity contribution in [2.45, 2.75) is 37.5 Å². The highest BCUT2D eigenvalue weighted by Gasteiger charge is 2.37. The van der Waals surface area contributed by atoms with Crippen molar-refractivity contribution in [3.8, 4) is 0 Å². The third kappa shape index (κ3) is 5.46. The molecule has 1 aliphatic heterocycles. The Hall–Kier alpha value is -3.35. The van der Waals surface area contributed by atoms with Gasteiger partial charge in [0.1, 0.15) is 6.61 Å². The largest absolute Gasteiger partial charge is 0.418 e. The lowest BCUT2D eigenvalue weighted by Crippen LogP contribution is -2.56. The number of alkyl halides is 3. The third-order valence-electron chi connectivity index (χ3n) is 5.11. The second-order valence-corrected chi connectivity index (χ2v) is 7.40. The number of hydrogen-bond donors (Lipinski definition) is 4. The van der Waals surface area contributed by atoms with Crippen LogP contribution in [-0.4, -0.2) is 55.6 Å². The summed E-state index contributed by atoms with van der Waals surface area (Å²) in [6, 6.07) is 0.171. The number of anilines is 2. The molecule has 13 heteroatoms. The van der Waals surface area contributed by atoms with Crippen LogP contribution in [0.3, 0.4) is 0 Å². The number of carbonyl (C=O) groups is 4. The summed E-state index contributed by atoms with van der Waals surface area (Å²) in [6.45, 7) is -0.321. The number of amides is 5. The Balaban J connectivity index is 1.77. The molecule has 174 valence electrons. The van der Waals surface area contributed by atoms with E-state index in [1.54, 1.807) is 0 Å². The highest BCUT2D eigenvalue weighted by Crippen LogP contribution is 2.38. The zero-order valence-electron chi connectivity index (χ0n) is 16.8. The number of nitrogens with two attached hydrogens (primary N) is 1. The Bertz CT molecular complexity index is 919. The molecular weight excluding hydrogens is 435 g/mol. The zero-order chi connectivity index (χ0) is 23.5. The minimum Gasteiger partial charge on any atom is -0.370 e. The molecule has 1 aliphatic carbocycles. The molecule has 2 fully saturated rings. The fraction of sp³-hybridized carbons (Fsp3) is 0.474. The van der Waals surface area contributed by atoms with Crippen molar-refractivity contribution in [2.24, 2.45) is 5.73 Å². The van der Waals surface area contributed by atoms with Gasteiger partial charge in [0.15, 0.2) is 6.04 Å². The Morgan fingerprint density at radius 1 is 1.22 bits per heavy atom. The zero-order valence-corrected chi connectivity index (χ0v) is 16.8. The predicted molar refractivity (Wildman–Crippen MR) is 106 cm³/mol. The first-order chi connectivity index (χ1) is 15.1. The molecule has 0 bridgehead atoms. The molecule has 2 aliphatic rings. The lowest BCUT2D eigenvalue weighted by molar-refractivity contribution is -0.137. The summed E-state index contributed by atoms with van der Waals surface area (Å²) in [4.78, 5) is 49.0. The number of benzene rings is 1. The quantitative estimate of drug-likeness (QED) is 0.466. The van der Waals surface area contributed by atoms with Crippen LogP contribution in [0.2, 0.25) is 0 Å². The van der Waals surface area contributed by atoms with Crippen LogP contribution in [0, 0.1) is 0 Å². The third-order valence-corrected chi connectivity index (χ3v) is 5.11. The standard InChI is InChI=1S/C19H22F3N5O5/c20-19(21,22)12-8-11(4-5-13(12)27-6-7-32-9-14(27)28)24-17(30)15(16(23)29)26-18(31)25-10-2-1-3-10/h4-5,8,10,15H,1-3,6-7,9H2,(H2,23,29)(H,24,30)(H2,25,26,31)/t15-/m1/s1. The second-order valence-electron chi connectivity index (χ2n) is 7.40. The summed E-state index contributed by atoms with van der Waals surface area (Å²) in [5.74, 6) is -2.92. The molecule has 5 N–H and O–H groups in total. The van der Waals surface area contributed by atoms with Gasteiger partial charge >= 0.3 is 12.2 Å². The van der Waals surface area contributed by atoms with Crippen LogP contribution in [-0.2, 0) is 25.3 Å². The molecule has 0 unspecified atom stereocenters. The molecule has 1 saturated heterocycles. The van der Waals surface area contributed by atoms with Gasteiger partial charge in [0.25, 0.3) is 11.8 Å². The molecule has 5 amide bonds. The van der Waals surface area contributed by atoms with Gasteiger partial charge in [0.2, 0.25) is 5.91 Å². The van der Waals surface area contributed by atoms with Crippen LogP contribution in [0.5, 0.6) is 0 Å². The number of hydrogen-bond acceptors (Lipinski definition) is 5. The Morgan fingerprint density at radius 2 is 1.94 bits per heavy atom. The number of nitrogens with one attached hydrogen (secondary N) is 3. The Kier molecular flexibility index (Phi) is 6.87. The number of carbonyl (C=O) groups excluding carboxylic acids is 4. The lowest BCUT2D eigenvalue weighted by Gasteiger charge is -2.29. The van der Waals surface area contributed by atoms with Gasteiger partial charge in [-0.2, -0.15) is 13.2 Å². The maximum Gasteiger partial charge on any atom is 0.418 e. The summed E-state index contributed by atoms with van der Waals surface area (Å²) in [5.41, 5.74) is 3.35. The Morgan fingerprint density at radius 3 is 2.50 bits per heavy atom. The van der Waals surface area contributed by atoms with E-state index in [1.807, 2.05) is 0 Å². The van der Waals surface area contributed by atoms with E-state index < -0.39 is 41.5 Å². The van der Waals surface area contributed by atoms with Gasteiger partial charge in [0, 0.05) is 18.3 Å². The molecule has 1 heterocycles. The molecule has 1 atom stereocenters. The highest BCUT2D eigenvalue weighted by molar-refractivity contribution is 6.11. The van der Waals surface area contributed by atoms with Crippen molar-refractivity contribution in [2.75, 3.05) is 30.0 Å². The average Bonchev–Trinajstić information content (AvgIpc) is 2.68. The van der Waals surface area contributed by atoms with Gasteiger partial charge in [0.05, 0.1) is 17.9 Å². The maximum atomic E-state index is 13.6. The number of urea groups is 1. The highest BCUT2D eigenvalue weighted by atomic mass is 19.4. The SMILES string of the molecule is NC(=O)[C@@H](NC(=O)NC1CCC1)C(=O)Nc1ccc(N2CCOCC2=O)c(C(F)(F)F)c1. The van der Waals surface area contributed by atoms with Crippen LogP contribution < -0.4 is 26.6 Å². The second kappa shape index (κ2) is 9.42. The van der Waals surface area contributed by atoms with Gasteiger partial charge in [-0.05, 0) is 37.5 Å². The topological polar surface area (TPSA) is 143 Å². The van der Waals surface area contributed by atoms with E-state index in [0.717, 1.165) is 36.3 Å². The van der Waals surface area contributed by atoms with Crippen molar-refractivity contribution in [1.29, 1.82) is 0 Å². The summed E-state index contributed by atoms with van der Waals surface area (Å²) in [5, 5.41) is 6.84. The smallest absolute Gasteiger partial charge is 0.370 e. The number of primary amides is 1. The lowest BCUT2D eigenvalue weighted by atomic mass is 9.93. The van der Waals surface area contributed by atoms with E-state index >= 15 is 0 Å². The van der Waals surface area contributed by atoms with Crippen molar-refractivity contribution < 1.29 is 37.1 Å². The van der Waals surface area contributed by atoms with Gasteiger partial charge in [-0.1, -0.05) is 0 Å². The average molecular weight is 457 g/mol. The number of morpholine rings is 1. The van der Waals surface area contributed by atoms with E-state index in [1.165, 1.54) is 0 Å². The monoisotopic (exact) mass is 457 g/mol. The number of ether oxygens (including phenoxy) is 1. The number of rotatable bonds is 6. The maximum absolute atomic E-state index is 13.6. The van der Waals surface area contributed by atoms with Gasteiger partial charge in [-0.3, -0.25) is 14.4 Å². The van der Waals surface area contributed by atoms with Crippen molar-refractivity contribution in [3.05, 3.63) is 23.8 Å². The fourth-order valence-corrected chi connectivity index (χ4v) is 3.24. The molecule has 1 aromatic carbocycles. The summed E-state index contributed by atoms with van der Waals surface area (Å²) >= 11 is 0. The van der Waals surface area contributed by atoms with E-state index in [9.17, 15) is 32.3 Å². The molecule has 1 saturated carbocycles. The van der Waals surface area contributed by atoms with Crippen molar-refractivity contribution >= 4 is 35.1 Å². The van der Waals surface area contributed by atoms with Gasteiger partial charge in [-0.25, -0.2) is 4.79 Å². The van der Waals surface area contributed by atoms with Crippen LogP contribution >= 0.6 is 0 Å². The number of nitrogens with zero attached hydrogens (tertiary/aromatic N) is 1. The molecule has 1 aromatic rings. The minimum atomic E-state index is -4.83. The van der Waals surface area contributed by atoms with Crippen molar-refractivity contribution in [3.63, 3.8) is 0 Å². The van der Waals surface area contributed by atoms with Crippen LogP contribution in [0.4, 0.5) is 29.3 Å². The van der Waals surface area contributed by atoms with E-state index in [0.29, 0.717) is 6.07 Å². The minimum absolute atomic E-state index is 0.0581. The molecule has 0 spiro atoms. The first-order valence-electron chi connectivity index (χ1n) is 9.83. The summed E-state index contributed by atoms with van der Waals surface area (Å²) in [7, 11) is 0. The molecular formula is C19H22F3N5O5. The Labute approximate surface area is 180 Å². The molecule has 32 heavy (non-hydrogen) atoms.